The molecular formula is C14H22ClNO4S2. The second-order valence-corrected chi connectivity index (χ2v) is 9.44. The van der Waals surface area contributed by atoms with Crippen molar-refractivity contribution in [3.05, 3.63) is 24.3 Å². The molecule has 0 radical (unpaired) electrons. The third-order valence-corrected chi connectivity index (χ3v) is 6.72. The SMILES string of the molecule is CCCCN(CCCC)S(=O)(=O)c1ccccc1S(=O)(=O)Cl. The van der Waals surface area contributed by atoms with Crippen LogP contribution < -0.4 is 0 Å². The maximum Gasteiger partial charge on any atom is 0.262 e. The van der Waals surface area contributed by atoms with Gasteiger partial charge in [0.1, 0.15) is 9.79 Å². The maximum atomic E-state index is 12.8. The zero-order valence-corrected chi connectivity index (χ0v) is 15.2. The molecule has 0 spiro atoms. The minimum absolute atomic E-state index is 0.253. The summed E-state index contributed by atoms with van der Waals surface area (Å²) in [5, 5.41) is 0. The van der Waals surface area contributed by atoms with Crippen molar-refractivity contribution < 1.29 is 16.8 Å². The molecular weight excluding hydrogens is 346 g/mol. The largest absolute Gasteiger partial charge is 0.262 e. The van der Waals surface area contributed by atoms with Gasteiger partial charge < -0.3 is 0 Å². The Labute approximate surface area is 137 Å². The Morgan fingerprint density at radius 1 is 0.909 bits per heavy atom. The van der Waals surface area contributed by atoms with E-state index in [1.54, 1.807) is 0 Å². The highest BCUT2D eigenvalue weighted by atomic mass is 35.7. The van der Waals surface area contributed by atoms with Crippen LogP contribution in [-0.2, 0) is 19.1 Å². The van der Waals surface area contributed by atoms with E-state index in [1.165, 1.54) is 28.6 Å². The summed E-state index contributed by atoms with van der Waals surface area (Å²) in [7, 11) is -2.64. The van der Waals surface area contributed by atoms with E-state index in [2.05, 4.69) is 0 Å². The lowest BCUT2D eigenvalue weighted by Gasteiger charge is -2.22. The highest BCUT2D eigenvalue weighted by Crippen LogP contribution is 2.27. The molecule has 1 aromatic carbocycles. The summed E-state index contributed by atoms with van der Waals surface area (Å²) in [5.41, 5.74) is 0. The molecule has 0 atom stereocenters. The molecule has 0 aliphatic heterocycles. The molecule has 8 heteroatoms. The number of sulfonamides is 1. The van der Waals surface area contributed by atoms with Crippen LogP contribution in [0.1, 0.15) is 39.5 Å². The van der Waals surface area contributed by atoms with Gasteiger partial charge in [-0.05, 0) is 25.0 Å². The van der Waals surface area contributed by atoms with E-state index < -0.39 is 19.1 Å². The van der Waals surface area contributed by atoms with Crippen LogP contribution >= 0.6 is 10.7 Å². The van der Waals surface area contributed by atoms with Crippen LogP contribution in [0.5, 0.6) is 0 Å². The summed E-state index contributed by atoms with van der Waals surface area (Å²) in [6, 6.07) is 5.45. The van der Waals surface area contributed by atoms with E-state index in [1.807, 2.05) is 13.8 Å². The van der Waals surface area contributed by atoms with Crippen molar-refractivity contribution in [2.24, 2.45) is 0 Å². The molecule has 0 saturated heterocycles. The molecule has 0 heterocycles. The second kappa shape index (κ2) is 8.29. The normalized spacial score (nSPS) is 12.7. The van der Waals surface area contributed by atoms with Gasteiger partial charge in [-0.15, -0.1) is 0 Å². The first-order valence-electron chi connectivity index (χ1n) is 7.29. The molecule has 126 valence electrons. The quantitative estimate of drug-likeness (QED) is 0.628. The van der Waals surface area contributed by atoms with Crippen molar-refractivity contribution in [2.45, 2.75) is 49.3 Å². The maximum absolute atomic E-state index is 12.8. The predicted molar refractivity (Wildman–Crippen MR) is 88.1 cm³/mol. The van der Waals surface area contributed by atoms with Gasteiger partial charge in [-0.25, -0.2) is 16.8 Å². The highest BCUT2D eigenvalue weighted by molar-refractivity contribution is 8.14. The predicted octanol–water partition coefficient (Wildman–Crippen LogP) is 3.21. The minimum atomic E-state index is -4.12. The van der Waals surface area contributed by atoms with E-state index >= 15 is 0 Å². The summed E-state index contributed by atoms with van der Waals surface area (Å²) in [6.07, 6.45) is 3.15. The molecule has 0 aliphatic carbocycles. The summed E-state index contributed by atoms with van der Waals surface area (Å²) < 4.78 is 50.2. The van der Waals surface area contributed by atoms with Gasteiger partial charge in [0.25, 0.3) is 9.05 Å². The average Bonchev–Trinajstić information content (AvgIpc) is 2.46. The first-order chi connectivity index (χ1) is 10.2. The molecule has 1 aromatic rings. The van der Waals surface area contributed by atoms with Crippen molar-refractivity contribution in [1.82, 2.24) is 4.31 Å². The molecule has 1 rings (SSSR count). The van der Waals surface area contributed by atoms with Crippen molar-refractivity contribution in [3.63, 3.8) is 0 Å². The lowest BCUT2D eigenvalue weighted by atomic mass is 10.3. The summed E-state index contributed by atoms with van der Waals surface area (Å²) >= 11 is 0. The molecule has 5 nitrogen and oxygen atoms in total. The number of benzene rings is 1. The van der Waals surface area contributed by atoms with Crippen LogP contribution in [0, 0.1) is 0 Å². The fraction of sp³-hybridized carbons (Fsp3) is 0.571. The molecule has 0 fully saturated rings. The summed E-state index contributed by atoms with van der Waals surface area (Å²) in [5.74, 6) is 0. The minimum Gasteiger partial charge on any atom is -0.207 e. The van der Waals surface area contributed by atoms with Gasteiger partial charge in [0, 0.05) is 23.8 Å². The average molecular weight is 368 g/mol. The van der Waals surface area contributed by atoms with Gasteiger partial charge >= 0.3 is 0 Å². The Morgan fingerprint density at radius 2 is 1.36 bits per heavy atom. The van der Waals surface area contributed by atoms with Crippen LogP contribution in [0.4, 0.5) is 0 Å². The Balaban J connectivity index is 3.31. The number of rotatable bonds is 9. The Kier molecular flexibility index (Phi) is 7.31. The van der Waals surface area contributed by atoms with E-state index in [-0.39, 0.29) is 9.79 Å². The van der Waals surface area contributed by atoms with Gasteiger partial charge in [-0.3, -0.25) is 0 Å². The van der Waals surface area contributed by atoms with Crippen molar-refractivity contribution in [1.29, 1.82) is 0 Å². The van der Waals surface area contributed by atoms with Crippen LogP contribution in [0.3, 0.4) is 0 Å². The van der Waals surface area contributed by atoms with Gasteiger partial charge in [0.15, 0.2) is 0 Å². The molecule has 0 bridgehead atoms. The Bertz CT molecular complexity index is 679. The molecule has 0 N–H and O–H groups in total. The van der Waals surface area contributed by atoms with Gasteiger partial charge in [0.05, 0.1) is 0 Å². The standard InChI is InChI=1S/C14H22ClNO4S2/c1-3-5-11-16(12-6-4-2)22(19,20)14-10-8-7-9-13(14)21(15,17)18/h7-10H,3-6,11-12H2,1-2H3. The number of unbranched alkanes of at least 4 members (excludes halogenated alkanes) is 2. The molecule has 0 aliphatic rings. The van der Waals surface area contributed by atoms with Crippen LogP contribution in [0.25, 0.3) is 0 Å². The smallest absolute Gasteiger partial charge is 0.207 e. The van der Waals surface area contributed by atoms with Crippen molar-refractivity contribution in [3.8, 4) is 0 Å². The molecule has 0 unspecified atom stereocenters. The van der Waals surface area contributed by atoms with Gasteiger partial charge in [-0.1, -0.05) is 38.8 Å². The highest BCUT2D eigenvalue weighted by Gasteiger charge is 2.29. The van der Waals surface area contributed by atoms with E-state index in [0.29, 0.717) is 13.1 Å². The monoisotopic (exact) mass is 367 g/mol. The molecule has 0 saturated carbocycles. The fourth-order valence-corrected chi connectivity index (χ4v) is 5.35. The number of hydrogen-bond acceptors (Lipinski definition) is 4. The van der Waals surface area contributed by atoms with Crippen molar-refractivity contribution >= 4 is 29.8 Å². The van der Waals surface area contributed by atoms with Crippen LogP contribution in [-0.4, -0.2) is 34.2 Å². The zero-order chi connectivity index (χ0) is 16.8. The topological polar surface area (TPSA) is 71.5 Å². The van der Waals surface area contributed by atoms with Crippen molar-refractivity contribution in [2.75, 3.05) is 13.1 Å². The van der Waals surface area contributed by atoms with Gasteiger partial charge in [0.2, 0.25) is 10.0 Å². The van der Waals surface area contributed by atoms with E-state index in [9.17, 15) is 16.8 Å². The second-order valence-electron chi connectivity index (χ2n) is 5.00. The zero-order valence-electron chi connectivity index (χ0n) is 12.8. The number of nitrogens with zero attached hydrogens (tertiary/aromatic N) is 1. The first kappa shape index (κ1) is 19.4. The first-order valence-corrected chi connectivity index (χ1v) is 11.0. The Morgan fingerprint density at radius 3 is 1.77 bits per heavy atom. The van der Waals surface area contributed by atoms with Crippen LogP contribution in [0.2, 0.25) is 0 Å². The molecule has 0 aromatic heterocycles. The van der Waals surface area contributed by atoms with Gasteiger partial charge in [-0.2, -0.15) is 4.31 Å². The molecule has 0 amide bonds. The number of halogens is 1. The molecule has 22 heavy (non-hydrogen) atoms. The van der Waals surface area contributed by atoms with Crippen LogP contribution in [0.15, 0.2) is 34.1 Å². The summed E-state index contributed by atoms with van der Waals surface area (Å²) in [4.78, 5) is -0.619. The third-order valence-electron chi connectivity index (χ3n) is 3.25. The lowest BCUT2D eigenvalue weighted by Crippen LogP contribution is -2.33. The lowest BCUT2D eigenvalue weighted by molar-refractivity contribution is 0.394. The Hall–Kier alpha value is -0.630. The van der Waals surface area contributed by atoms with E-state index in [0.717, 1.165) is 25.7 Å². The third kappa shape index (κ3) is 4.94. The number of hydrogen-bond donors (Lipinski definition) is 0. The summed E-state index contributed by atoms with van der Waals surface area (Å²) in [6.45, 7) is 4.69. The van der Waals surface area contributed by atoms with E-state index in [4.69, 9.17) is 10.7 Å². The fourth-order valence-electron chi connectivity index (χ4n) is 2.02.